The van der Waals surface area contributed by atoms with E-state index in [0.717, 1.165) is 53.4 Å². The third-order valence-corrected chi connectivity index (χ3v) is 5.87. The molecule has 0 radical (unpaired) electrons. The predicted molar refractivity (Wildman–Crippen MR) is 123 cm³/mol. The average Bonchev–Trinajstić information content (AvgIpc) is 3.62. The molecular weight excluding hydrogens is 388 g/mol. The van der Waals surface area contributed by atoms with Crippen molar-refractivity contribution >= 4 is 18.7 Å². The normalized spacial score (nSPS) is 16.7. The van der Waals surface area contributed by atoms with Gasteiger partial charge in [-0.25, -0.2) is 15.0 Å². The summed E-state index contributed by atoms with van der Waals surface area (Å²) in [5, 5.41) is 0. The summed E-state index contributed by atoms with van der Waals surface area (Å²) >= 11 is 0. The van der Waals surface area contributed by atoms with Gasteiger partial charge in [0.25, 0.3) is 0 Å². The summed E-state index contributed by atoms with van der Waals surface area (Å²) in [6.45, 7) is 8.63. The summed E-state index contributed by atoms with van der Waals surface area (Å²) in [4.78, 5) is 20.1. The van der Waals surface area contributed by atoms with Gasteiger partial charge in [0.15, 0.2) is 0 Å². The number of imidazole rings is 1. The number of aliphatic imine (C=N–C) groups is 1. The van der Waals surface area contributed by atoms with Crippen molar-refractivity contribution in [3.8, 4) is 17.1 Å². The molecule has 1 aromatic carbocycles. The zero-order valence-electron chi connectivity index (χ0n) is 17.7. The molecule has 7 heteroatoms. The van der Waals surface area contributed by atoms with Crippen molar-refractivity contribution in [3.63, 3.8) is 0 Å². The Kier molecular flexibility index (Phi) is 5.34. The molecule has 3 heterocycles. The highest BCUT2D eigenvalue weighted by Crippen LogP contribution is 2.40. The van der Waals surface area contributed by atoms with Gasteiger partial charge in [0.2, 0.25) is 5.95 Å². The zero-order chi connectivity index (χ0) is 21.2. The topological polar surface area (TPSA) is 68.4 Å². The fourth-order valence-corrected chi connectivity index (χ4v) is 3.98. The van der Waals surface area contributed by atoms with Crippen LogP contribution in [-0.2, 0) is 4.74 Å². The molecule has 0 N–H and O–H groups in total. The summed E-state index contributed by atoms with van der Waals surface area (Å²) in [7, 11) is 0. The second-order valence-corrected chi connectivity index (χ2v) is 7.98. The van der Waals surface area contributed by atoms with Gasteiger partial charge in [0.1, 0.15) is 5.82 Å². The molecule has 1 aliphatic heterocycles. The van der Waals surface area contributed by atoms with E-state index in [0.29, 0.717) is 13.2 Å². The quantitative estimate of drug-likeness (QED) is 0.570. The molecule has 1 saturated heterocycles. The minimum absolute atomic E-state index is 0.707. The maximum absolute atomic E-state index is 5.42. The summed E-state index contributed by atoms with van der Waals surface area (Å²) in [6.07, 6.45) is 9.85. The fraction of sp³-hybridized carbons (Fsp3) is 0.333. The van der Waals surface area contributed by atoms with Crippen LogP contribution in [0.3, 0.4) is 0 Å². The molecule has 7 nitrogen and oxygen atoms in total. The zero-order valence-corrected chi connectivity index (χ0v) is 17.7. The third-order valence-electron chi connectivity index (χ3n) is 5.87. The van der Waals surface area contributed by atoms with Gasteiger partial charge in [0, 0.05) is 43.1 Å². The molecule has 0 atom stereocenters. The Hall–Kier alpha value is -3.32. The van der Waals surface area contributed by atoms with E-state index in [-0.39, 0.29) is 0 Å². The summed E-state index contributed by atoms with van der Waals surface area (Å²) < 4.78 is 7.58. The Labute approximate surface area is 182 Å². The van der Waals surface area contributed by atoms with Crippen LogP contribution in [0.2, 0.25) is 0 Å². The second-order valence-electron chi connectivity index (χ2n) is 7.98. The van der Waals surface area contributed by atoms with Gasteiger partial charge >= 0.3 is 0 Å². The van der Waals surface area contributed by atoms with Gasteiger partial charge in [-0.05, 0) is 56.2 Å². The first-order valence-corrected chi connectivity index (χ1v) is 10.7. The van der Waals surface area contributed by atoms with Gasteiger partial charge < -0.3 is 9.64 Å². The Morgan fingerprint density at radius 3 is 2.45 bits per heavy atom. The molecule has 2 fully saturated rings. The molecule has 1 saturated carbocycles. The molecule has 158 valence electrons. The van der Waals surface area contributed by atoms with Crippen LogP contribution in [0.5, 0.6) is 0 Å². The lowest BCUT2D eigenvalue weighted by Gasteiger charge is -2.26. The van der Waals surface area contributed by atoms with E-state index < -0.39 is 0 Å². The minimum atomic E-state index is 0.707. The van der Waals surface area contributed by atoms with Crippen molar-refractivity contribution in [2.45, 2.75) is 25.7 Å². The number of anilines is 1. The number of benzene rings is 1. The standard InChI is InChI=1S/C24H26N6O/c1-17-22(9-10-25-2)28-23(30(17)21-7-5-19(6-8-21)18-3-4-18)20-15-26-24(27-16-20)29-11-13-31-14-12-29/h5-10,15-16,18H,2-4,11-14H2,1H3/b10-9-. The number of hydrogen-bond acceptors (Lipinski definition) is 6. The van der Waals surface area contributed by atoms with Crippen molar-refractivity contribution in [2.24, 2.45) is 4.99 Å². The lowest BCUT2D eigenvalue weighted by atomic mass is 10.1. The largest absolute Gasteiger partial charge is 0.378 e. The molecule has 1 aliphatic carbocycles. The number of ether oxygens (including phenoxy) is 1. The van der Waals surface area contributed by atoms with Crippen LogP contribution in [0.25, 0.3) is 23.2 Å². The molecule has 3 aromatic rings. The van der Waals surface area contributed by atoms with Crippen molar-refractivity contribution in [2.75, 3.05) is 31.2 Å². The minimum Gasteiger partial charge on any atom is -0.378 e. The van der Waals surface area contributed by atoms with E-state index >= 15 is 0 Å². The maximum Gasteiger partial charge on any atom is 0.225 e. The molecule has 2 aliphatic rings. The van der Waals surface area contributed by atoms with Crippen LogP contribution in [-0.4, -0.2) is 52.5 Å². The highest BCUT2D eigenvalue weighted by Gasteiger charge is 2.24. The molecule has 5 rings (SSSR count). The van der Waals surface area contributed by atoms with Crippen molar-refractivity contribution in [1.29, 1.82) is 0 Å². The van der Waals surface area contributed by atoms with Gasteiger partial charge in [0.05, 0.1) is 24.5 Å². The first-order valence-electron chi connectivity index (χ1n) is 10.7. The van der Waals surface area contributed by atoms with E-state index in [1.54, 1.807) is 6.20 Å². The van der Waals surface area contributed by atoms with Crippen molar-refractivity contribution < 1.29 is 4.74 Å². The molecule has 0 spiro atoms. The van der Waals surface area contributed by atoms with E-state index in [1.807, 2.05) is 18.5 Å². The van der Waals surface area contributed by atoms with Crippen LogP contribution in [0, 0.1) is 6.92 Å². The Balaban J connectivity index is 1.53. The maximum atomic E-state index is 5.42. The van der Waals surface area contributed by atoms with Gasteiger partial charge in [-0.3, -0.25) is 9.56 Å². The van der Waals surface area contributed by atoms with Crippen LogP contribution < -0.4 is 4.90 Å². The van der Waals surface area contributed by atoms with Crippen LogP contribution >= 0.6 is 0 Å². The van der Waals surface area contributed by atoms with Crippen molar-refractivity contribution in [1.82, 2.24) is 19.5 Å². The number of nitrogens with zero attached hydrogens (tertiary/aromatic N) is 6. The average molecular weight is 415 g/mol. The first kappa shape index (κ1) is 19.6. The van der Waals surface area contributed by atoms with Crippen molar-refractivity contribution in [3.05, 3.63) is 59.8 Å². The first-order chi connectivity index (χ1) is 15.2. The number of aromatic nitrogens is 4. The summed E-state index contributed by atoms with van der Waals surface area (Å²) in [5.41, 5.74) is 5.25. The highest BCUT2D eigenvalue weighted by molar-refractivity contribution is 5.64. The summed E-state index contributed by atoms with van der Waals surface area (Å²) in [6, 6.07) is 8.81. The van der Waals surface area contributed by atoms with Gasteiger partial charge in [-0.1, -0.05) is 12.1 Å². The van der Waals surface area contributed by atoms with Gasteiger partial charge in [-0.15, -0.1) is 0 Å². The Morgan fingerprint density at radius 1 is 1.10 bits per heavy atom. The molecule has 0 amide bonds. The molecule has 2 aromatic heterocycles. The smallest absolute Gasteiger partial charge is 0.225 e. The monoisotopic (exact) mass is 414 g/mol. The van der Waals surface area contributed by atoms with Gasteiger partial charge in [-0.2, -0.15) is 0 Å². The molecule has 0 unspecified atom stereocenters. The Morgan fingerprint density at radius 2 is 1.81 bits per heavy atom. The van der Waals surface area contributed by atoms with E-state index in [9.17, 15) is 0 Å². The molecule has 0 bridgehead atoms. The molecule has 31 heavy (non-hydrogen) atoms. The number of hydrogen-bond donors (Lipinski definition) is 0. The van der Waals surface area contributed by atoms with E-state index in [1.165, 1.54) is 18.4 Å². The van der Waals surface area contributed by atoms with E-state index in [2.05, 4.69) is 62.3 Å². The second kappa shape index (κ2) is 8.43. The predicted octanol–water partition coefficient (Wildman–Crippen LogP) is 4.02. The fourth-order valence-electron chi connectivity index (χ4n) is 3.98. The number of morpholine rings is 1. The Bertz CT molecular complexity index is 1090. The van der Waals surface area contributed by atoms with Crippen LogP contribution in [0.4, 0.5) is 5.95 Å². The highest BCUT2D eigenvalue weighted by atomic mass is 16.5. The number of rotatable bonds is 6. The molecular formula is C24H26N6O. The lowest BCUT2D eigenvalue weighted by Crippen LogP contribution is -2.37. The van der Waals surface area contributed by atoms with Crippen LogP contribution in [0.1, 0.15) is 35.7 Å². The van der Waals surface area contributed by atoms with Crippen LogP contribution in [0.15, 0.2) is 47.9 Å². The third kappa shape index (κ3) is 4.01. The summed E-state index contributed by atoms with van der Waals surface area (Å²) in [5.74, 6) is 2.27. The lowest BCUT2D eigenvalue weighted by molar-refractivity contribution is 0.122. The SMILES string of the molecule is C=N/C=C\c1nc(-c2cnc(N3CCOCC3)nc2)n(-c2ccc(C3CC3)cc2)c1C. The van der Waals surface area contributed by atoms with E-state index in [4.69, 9.17) is 9.72 Å².